The Bertz CT molecular complexity index is 973. The number of benzene rings is 2. The minimum Gasteiger partial charge on any atom is -0.496 e. The third-order valence-electron chi connectivity index (χ3n) is 6.09. The number of rotatable bonds is 9. The van der Waals surface area contributed by atoms with Crippen molar-refractivity contribution in [2.24, 2.45) is 0 Å². The summed E-state index contributed by atoms with van der Waals surface area (Å²) in [5, 5.41) is 0. The molecule has 3 aromatic rings. The highest BCUT2D eigenvalue weighted by Gasteiger charge is 2.19. The van der Waals surface area contributed by atoms with Gasteiger partial charge in [-0.2, -0.15) is 0 Å². The van der Waals surface area contributed by atoms with E-state index in [9.17, 15) is 0 Å². The van der Waals surface area contributed by atoms with Gasteiger partial charge in [-0.3, -0.25) is 9.88 Å². The van der Waals surface area contributed by atoms with E-state index in [2.05, 4.69) is 94.1 Å². The molecule has 0 radical (unpaired) electrons. The first kappa shape index (κ1) is 23.0. The minimum atomic E-state index is 0.413. The second-order valence-corrected chi connectivity index (χ2v) is 8.42. The van der Waals surface area contributed by atoms with Crippen molar-refractivity contribution in [1.82, 2.24) is 9.88 Å². The molecule has 3 heteroatoms. The summed E-state index contributed by atoms with van der Waals surface area (Å²) < 4.78 is 5.90. The van der Waals surface area contributed by atoms with E-state index in [1.165, 1.54) is 27.8 Å². The van der Waals surface area contributed by atoms with E-state index < -0.39 is 0 Å². The molecule has 0 aliphatic heterocycles. The topological polar surface area (TPSA) is 25.4 Å². The van der Waals surface area contributed by atoms with Crippen molar-refractivity contribution in [1.29, 1.82) is 0 Å². The molecular weight excluding hydrogens is 380 g/mol. The first-order valence-corrected chi connectivity index (χ1v) is 11.4. The van der Waals surface area contributed by atoms with Crippen LogP contribution >= 0.6 is 0 Å². The van der Waals surface area contributed by atoms with Gasteiger partial charge in [-0.25, -0.2) is 0 Å². The lowest BCUT2D eigenvalue weighted by molar-refractivity contribution is 0.200. The van der Waals surface area contributed by atoms with E-state index >= 15 is 0 Å². The van der Waals surface area contributed by atoms with Crippen LogP contribution in [0.5, 0.6) is 5.75 Å². The zero-order valence-electron chi connectivity index (χ0n) is 19.9. The maximum atomic E-state index is 5.90. The highest BCUT2D eigenvalue weighted by Crippen LogP contribution is 2.33. The van der Waals surface area contributed by atoms with Crippen molar-refractivity contribution >= 4 is 0 Å². The van der Waals surface area contributed by atoms with E-state index in [1.807, 2.05) is 0 Å². The number of aromatic nitrogens is 1. The number of hydrogen-bond donors (Lipinski definition) is 0. The SMILES string of the molecule is CCc1cccc(CC)c1-c1cc(OC)c(CN(Cc2ccccc2)C(C)C)c(C)n1. The second kappa shape index (κ2) is 10.6. The highest BCUT2D eigenvalue weighted by atomic mass is 16.5. The van der Waals surface area contributed by atoms with Crippen molar-refractivity contribution in [2.45, 2.75) is 66.6 Å². The van der Waals surface area contributed by atoms with E-state index in [0.29, 0.717) is 6.04 Å². The van der Waals surface area contributed by atoms with Gasteiger partial charge in [-0.1, -0.05) is 62.4 Å². The van der Waals surface area contributed by atoms with E-state index in [-0.39, 0.29) is 0 Å². The number of methoxy groups -OCH3 is 1. The third kappa shape index (κ3) is 5.34. The van der Waals surface area contributed by atoms with E-state index in [1.54, 1.807) is 7.11 Å². The van der Waals surface area contributed by atoms with Gasteiger partial charge in [-0.05, 0) is 50.3 Å². The quantitative estimate of drug-likeness (QED) is 0.393. The molecule has 0 bridgehead atoms. The largest absolute Gasteiger partial charge is 0.496 e. The van der Waals surface area contributed by atoms with Gasteiger partial charge >= 0.3 is 0 Å². The van der Waals surface area contributed by atoms with Gasteiger partial charge in [0.15, 0.2) is 0 Å². The Labute approximate surface area is 188 Å². The van der Waals surface area contributed by atoms with Crippen LogP contribution in [0.25, 0.3) is 11.3 Å². The summed E-state index contributed by atoms with van der Waals surface area (Å²) in [7, 11) is 1.77. The summed E-state index contributed by atoms with van der Waals surface area (Å²) in [4.78, 5) is 7.55. The lowest BCUT2D eigenvalue weighted by Crippen LogP contribution is -2.30. The number of hydrogen-bond acceptors (Lipinski definition) is 3. The molecule has 0 saturated carbocycles. The Morgan fingerprint density at radius 2 is 1.55 bits per heavy atom. The molecule has 0 atom stereocenters. The lowest BCUT2D eigenvalue weighted by Gasteiger charge is -2.28. The molecule has 3 rings (SSSR count). The van der Waals surface area contributed by atoms with Crippen LogP contribution in [0.4, 0.5) is 0 Å². The predicted octanol–water partition coefficient (Wildman–Crippen LogP) is 6.60. The molecular formula is C28H36N2O. The first-order chi connectivity index (χ1) is 15.0. The molecule has 0 aliphatic carbocycles. The molecule has 164 valence electrons. The second-order valence-electron chi connectivity index (χ2n) is 8.42. The fourth-order valence-corrected chi connectivity index (χ4v) is 4.19. The molecule has 1 heterocycles. The van der Waals surface area contributed by atoms with E-state index in [4.69, 9.17) is 9.72 Å². The summed E-state index contributed by atoms with van der Waals surface area (Å²) in [5.41, 5.74) is 8.51. The van der Waals surface area contributed by atoms with Crippen LogP contribution in [0.3, 0.4) is 0 Å². The predicted molar refractivity (Wildman–Crippen MR) is 131 cm³/mol. The first-order valence-electron chi connectivity index (χ1n) is 11.4. The van der Waals surface area contributed by atoms with Crippen LogP contribution in [0.2, 0.25) is 0 Å². The summed E-state index contributed by atoms with van der Waals surface area (Å²) >= 11 is 0. The number of aryl methyl sites for hydroxylation is 3. The van der Waals surface area contributed by atoms with Gasteiger partial charge in [0.1, 0.15) is 5.75 Å². The molecule has 0 amide bonds. The summed E-state index contributed by atoms with van der Waals surface area (Å²) in [6, 6.07) is 19.8. The fourth-order valence-electron chi connectivity index (χ4n) is 4.19. The van der Waals surface area contributed by atoms with Crippen LogP contribution in [0.1, 0.15) is 55.6 Å². The van der Waals surface area contributed by atoms with Crippen LogP contribution in [-0.4, -0.2) is 23.0 Å². The zero-order valence-corrected chi connectivity index (χ0v) is 19.9. The molecule has 0 saturated heterocycles. The maximum Gasteiger partial charge on any atom is 0.127 e. The molecule has 0 aliphatic rings. The Kier molecular flexibility index (Phi) is 7.86. The fraction of sp³-hybridized carbons (Fsp3) is 0.393. The van der Waals surface area contributed by atoms with Gasteiger partial charge in [0.2, 0.25) is 0 Å². The Hall–Kier alpha value is -2.65. The van der Waals surface area contributed by atoms with Crippen LogP contribution in [0, 0.1) is 6.92 Å². The normalized spacial score (nSPS) is 11.4. The monoisotopic (exact) mass is 416 g/mol. The molecule has 2 aromatic carbocycles. The van der Waals surface area contributed by atoms with Crippen LogP contribution < -0.4 is 4.74 Å². The zero-order chi connectivity index (χ0) is 22.4. The van der Waals surface area contributed by atoms with Gasteiger partial charge in [-0.15, -0.1) is 0 Å². The molecule has 0 fully saturated rings. The van der Waals surface area contributed by atoms with Crippen LogP contribution in [-0.2, 0) is 25.9 Å². The van der Waals surface area contributed by atoms with E-state index in [0.717, 1.165) is 43.1 Å². The van der Waals surface area contributed by atoms with Crippen molar-refractivity contribution in [3.63, 3.8) is 0 Å². The van der Waals surface area contributed by atoms with Crippen molar-refractivity contribution in [3.8, 4) is 17.0 Å². The van der Waals surface area contributed by atoms with Gasteiger partial charge < -0.3 is 4.74 Å². The average molecular weight is 417 g/mol. The summed E-state index contributed by atoms with van der Waals surface area (Å²) in [5.74, 6) is 0.925. The molecule has 31 heavy (non-hydrogen) atoms. The molecule has 0 spiro atoms. The van der Waals surface area contributed by atoms with Crippen molar-refractivity contribution in [3.05, 3.63) is 82.5 Å². The number of nitrogens with zero attached hydrogens (tertiary/aromatic N) is 2. The smallest absolute Gasteiger partial charge is 0.127 e. The van der Waals surface area contributed by atoms with Gasteiger partial charge in [0, 0.05) is 42.0 Å². The standard InChI is InChI=1S/C28H36N2O/c1-7-23-15-12-16-24(8-2)28(23)26-17-27(31-6)25(21(5)29-26)19-30(20(3)4)18-22-13-10-9-11-14-22/h9-17,20H,7-8,18-19H2,1-6H3. The lowest BCUT2D eigenvalue weighted by atomic mass is 9.94. The van der Waals surface area contributed by atoms with Crippen LogP contribution in [0.15, 0.2) is 54.6 Å². The average Bonchev–Trinajstić information content (AvgIpc) is 2.79. The van der Waals surface area contributed by atoms with Crippen molar-refractivity contribution in [2.75, 3.05) is 7.11 Å². The van der Waals surface area contributed by atoms with Gasteiger partial charge in [0.05, 0.1) is 12.8 Å². The summed E-state index contributed by atoms with van der Waals surface area (Å²) in [6.45, 7) is 12.7. The number of ether oxygens (including phenoxy) is 1. The number of pyridine rings is 1. The highest BCUT2D eigenvalue weighted by molar-refractivity contribution is 5.70. The Balaban J connectivity index is 2.00. The molecule has 3 nitrogen and oxygen atoms in total. The minimum absolute atomic E-state index is 0.413. The maximum absolute atomic E-state index is 5.90. The van der Waals surface area contributed by atoms with Gasteiger partial charge in [0.25, 0.3) is 0 Å². The third-order valence-corrected chi connectivity index (χ3v) is 6.09. The molecule has 0 unspecified atom stereocenters. The molecule has 1 aromatic heterocycles. The Morgan fingerprint density at radius 3 is 2.10 bits per heavy atom. The Morgan fingerprint density at radius 1 is 0.903 bits per heavy atom. The van der Waals surface area contributed by atoms with Crippen molar-refractivity contribution < 1.29 is 4.74 Å². The molecule has 0 N–H and O–H groups in total. The summed E-state index contributed by atoms with van der Waals surface area (Å²) in [6.07, 6.45) is 1.98.